The summed E-state index contributed by atoms with van der Waals surface area (Å²) in [5.74, 6) is 1.36. The van der Waals surface area contributed by atoms with Gasteiger partial charge in [-0.25, -0.2) is 0 Å². The molecule has 2 amide bonds. The molecule has 3 heterocycles. The third-order valence-electron chi connectivity index (χ3n) is 5.45. The van der Waals surface area contributed by atoms with E-state index in [4.69, 9.17) is 4.52 Å². The van der Waals surface area contributed by atoms with Crippen LogP contribution >= 0.6 is 0 Å². The smallest absolute Gasteiger partial charge is 0.276 e. The number of aromatic nitrogens is 1. The summed E-state index contributed by atoms with van der Waals surface area (Å²) in [5.41, 5.74) is 0.392. The van der Waals surface area contributed by atoms with Gasteiger partial charge in [0.2, 0.25) is 5.91 Å². The first kappa shape index (κ1) is 15.7. The number of carbonyl (C=O) groups excluding carboxylic acids is 2. The minimum atomic E-state index is -0.0956. The molecule has 1 saturated carbocycles. The van der Waals surface area contributed by atoms with Crippen molar-refractivity contribution >= 4 is 11.8 Å². The molecule has 3 fully saturated rings. The van der Waals surface area contributed by atoms with Gasteiger partial charge >= 0.3 is 0 Å². The number of amides is 2. The van der Waals surface area contributed by atoms with Crippen LogP contribution in [0.1, 0.15) is 67.1 Å². The van der Waals surface area contributed by atoms with Gasteiger partial charge in [-0.3, -0.25) is 9.59 Å². The lowest BCUT2D eigenvalue weighted by Gasteiger charge is -2.36. The van der Waals surface area contributed by atoms with Gasteiger partial charge in [-0.15, -0.1) is 0 Å². The topological polar surface area (TPSA) is 66.7 Å². The molecule has 2 aliphatic heterocycles. The van der Waals surface area contributed by atoms with Gasteiger partial charge in [-0.1, -0.05) is 5.16 Å². The van der Waals surface area contributed by atoms with Gasteiger partial charge in [0.25, 0.3) is 5.91 Å². The van der Waals surface area contributed by atoms with Gasteiger partial charge in [-0.2, -0.15) is 0 Å². The first-order chi connectivity index (χ1) is 11.7. The summed E-state index contributed by atoms with van der Waals surface area (Å²) in [6.07, 6.45) is 7.43. The van der Waals surface area contributed by atoms with E-state index in [0.717, 1.165) is 57.4 Å². The summed E-state index contributed by atoms with van der Waals surface area (Å²) in [4.78, 5) is 29.2. The summed E-state index contributed by atoms with van der Waals surface area (Å²) < 4.78 is 5.30. The standard InChI is InChI=1S/C18H25N3O3/c22-17(20-8-2-1-3-9-20)14-5-4-10-21(12-14)18(23)15-11-16(24-19-15)13-6-7-13/h11,13-14H,1-10,12H2. The van der Waals surface area contributed by atoms with Crippen LogP contribution in [0.25, 0.3) is 0 Å². The predicted molar refractivity (Wildman–Crippen MR) is 87.5 cm³/mol. The molecule has 6 nitrogen and oxygen atoms in total. The van der Waals surface area contributed by atoms with Crippen molar-refractivity contribution in [1.82, 2.24) is 15.0 Å². The Morgan fingerprint density at radius 1 is 1.00 bits per heavy atom. The Morgan fingerprint density at radius 2 is 1.75 bits per heavy atom. The van der Waals surface area contributed by atoms with E-state index in [9.17, 15) is 9.59 Å². The van der Waals surface area contributed by atoms with Crippen LogP contribution < -0.4 is 0 Å². The van der Waals surface area contributed by atoms with Gasteiger partial charge in [0.15, 0.2) is 5.69 Å². The van der Waals surface area contributed by atoms with Gasteiger partial charge in [0, 0.05) is 38.2 Å². The fourth-order valence-electron chi connectivity index (χ4n) is 3.85. The Balaban J connectivity index is 1.39. The number of carbonyl (C=O) groups is 2. The lowest BCUT2D eigenvalue weighted by Crippen LogP contribution is -2.48. The first-order valence-corrected chi connectivity index (χ1v) is 9.27. The minimum absolute atomic E-state index is 0.0596. The SMILES string of the molecule is O=C(c1cc(C2CC2)on1)N1CCCC(C(=O)N2CCCCC2)C1. The second kappa shape index (κ2) is 6.57. The van der Waals surface area contributed by atoms with E-state index in [0.29, 0.717) is 24.7 Å². The maximum atomic E-state index is 12.7. The highest BCUT2D eigenvalue weighted by Crippen LogP contribution is 2.40. The molecule has 4 rings (SSSR count). The molecule has 130 valence electrons. The lowest BCUT2D eigenvalue weighted by molar-refractivity contribution is -0.137. The molecule has 0 radical (unpaired) electrons. The molecule has 1 unspecified atom stereocenters. The van der Waals surface area contributed by atoms with Crippen LogP contribution in [0.3, 0.4) is 0 Å². The quantitative estimate of drug-likeness (QED) is 0.853. The Morgan fingerprint density at radius 3 is 2.50 bits per heavy atom. The molecule has 24 heavy (non-hydrogen) atoms. The molecule has 6 heteroatoms. The van der Waals surface area contributed by atoms with Crippen LogP contribution in [0.5, 0.6) is 0 Å². The first-order valence-electron chi connectivity index (χ1n) is 9.27. The van der Waals surface area contributed by atoms with Crippen molar-refractivity contribution in [2.75, 3.05) is 26.2 Å². The van der Waals surface area contributed by atoms with E-state index in [2.05, 4.69) is 5.16 Å². The van der Waals surface area contributed by atoms with Crippen molar-refractivity contribution in [1.29, 1.82) is 0 Å². The fourth-order valence-corrected chi connectivity index (χ4v) is 3.85. The molecular formula is C18H25N3O3. The van der Waals surface area contributed by atoms with Crippen molar-refractivity contribution in [3.63, 3.8) is 0 Å². The molecular weight excluding hydrogens is 306 g/mol. The summed E-state index contributed by atoms with van der Waals surface area (Å²) in [6.45, 7) is 2.96. The molecule has 0 aromatic carbocycles. The van der Waals surface area contributed by atoms with Crippen LogP contribution in [0, 0.1) is 5.92 Å². The number of piperidine rings is 2. The van der Waals surface area contributed by atoms with Crippen LogP contribution in [-0.2, 0) is 4.79 Å². The van der Waals surface area contributed by atoms with Gasteiger partial charge in [0.1, 0.15) is 5.76 Å². The van der Waals surface area contributed by atoms with Gasteiger partial charge in [0.05, 0.1) is 5.92 Å². The number of hydrogen-bond donors (Lipinski definition) is 0. The Bertz CT molecular complexity index is 617. The summed E-state index contributed by atoms with van der Waals surface area (Å²) in [7, 11) is 0. The zero-order chi connectivity index (χ0) is 16.5. The summed E-state index contributed by atoms with van der Waals surface area (Å²) in [6, 6.07) is 1.79. The normalized spacial score (nSPS) is 24.9. The zero-order valence-corrected chi connectivity index (χ0v) is 14.1. The zero-order valence-electron chi connectivity index (χ0n) is 14.1. The number of rotatable bonds is 3. The Hall–Kier alpha value is -1.85. The molecule has 1 aliphatic carbocycles. The molecule has 0 spiro atoms. The van der Waals surface area contributed by atoms with E-state index in [1.807, 2.05) is 4.90 Å². The highest BCUT2D eigenvalue weighted by Gasteiger charge is 2.34. The molecule has 0 N–H and O–H groups in total. The van der Waals surface area contributed by atoms with Crippen LogP contribution in [-0.4, -0.2) is 52.9 Å². The van der Waals surface area contributed by atoms with E-state index >= 15 is 0 Å². The average Bonchev–Trinajstić information content (AvgIpc) is 3.38. The lowest BCUT2D eigenvalue weighted by atomic mass is 9.95. The number of nitrogens with zero attached hydrogens (tertiary/aromatic N) is 3. The van der Waals surface area contributed by atoms with E-state index < -0.39 is 0 Å². The monoisotopic (exact) mass is 331 g/mol. The minimum Gasteiger partial charge on any atom is -0.360 e. The van der Waals surface area contributed by atoms with Crippen LogP contribution in [0.15, 0.2) is 10.6 Å². The molecule has 1 atom stereocenters. The third-order valence-corrected chi connectivity index (χ3v) is 5.45. The van der Waals surface area contributed by atoms with E-state index in [-0.39, 0.29) is 17.7 Å². The molecule has 2 saturated heterocycles. The highest BCUT2D eigenvalue weighted by atomic mass is 16.5. The maximum absolute atomic E-state index is 12.7. The van der Waals surface area contributed by atoms with E-state index in [1.54, 1.807) is 11.0 Å². The molecule has 1 aromatic heterocycles. The van der Waals surface area contributed by atoms with Crippen molar-refractivity contribution in [3.8, 4) is 0 Å². The van der Waals surface area contributed by atoms with Gasteiger partial charge in [-0.05, 0) is 44.9 Å². The second-order valence-corrected chi connectivity index (χ2v) is 7.37. The van der Waals surface area contributed by atoms with E-state index in [1.165, 1.54) is 6.42 Å². The second-order valence-electron chi connectivity index (χ2n) is 7.37. The summed E-state index contributed by atoms with van der Waals surface area (Å²) >= 11 is 0. The fraction of sp³-hybridized carbons (Fsp3) is 0.722. The number of hydrogen-bond acceptors (Lipinski definition) is 4. The molecule has 3 aliphatic rings. The van der Waals surface area contributed by atoms with Crippen molar-refractivity contribution < 1.29 is 14.1 Å². The Labute approximate surface area is 142 Å². The van der Waals surface area contributed by atoms with Crippen molar-refractivity contribution in [2.24, 2.45) is 5.92 Å². The maximum Gasteiger partial charge on any atom is 0.276 e. The van der Waals surface area contributed by atoms with Crippen LogP contribution in [0.4, 0.5) is 0 Å². The largest absolute Gasteiger partial charge is 0.360 e. The average molecular weight is 331 g/mol. The predicted octanol–water partition coefficient (Wildman–Crippen LogP) is 2.42. The third kappa shape index (κ3) is 3.19. The summed E-state index contributed by atoms with van der Waals surface area (Å²) in [5, 5.41) is 3.95. The van der Waals surface area contributed by atoms with Crippen LogP contribution in [0.2, 0.25) is 0 Å². The number of likely N-dealkylation sites (tertiary alicyclic amines) is 2. The van der Waals surface area contributed by atoms with Crippen molar-refractivity contribution in [2.45, 2.75) is 50.9 Å². The Kier molecular flexibility index (Phi) is 4.29. The molecule has 1 aromatic rings. The molecule has 0 bridgehead atoms. The van der Waals surface area contributed by atoms with Gasteiger partial charge < -0.3 is 14.3 Å². The highest BCUT2D eigenvalue weighted by molar-refractivity contribution is 5.93. The van der Waals surface area contributed by atoms with Crippen molar-refractivity contribution in [3.05, 3.63) is 17.5 Å².